The number of rotatable bonds is 7. The SMILES string of the molecule is CCOc1ccc(NC(=NC)NCCN2CCCC(C)C2)cc1OC.I. The maximum Gasteiger partial charge on any atom is 0.195 e. The van der Waals surface area contributed by atoms with Gasteiger partial charge in [0.2, 0.25) is 0 Å². The highest BCUT2D eigenvalue weighted by Crippen LogP contribution is 2.30. The average molecular weight is 476 g/mol. The summed E-state index contributed by atoms with van der Waals surface area (Å²) in [7, 11) is 3.43. The molecule has 1 aromatic carbocycles. The van der Waals surface area contributed by atoms with Crippen LogP contribution in [0.15, 0.2) is 23.2 Å². The van der Waals surface area contributed by atoms with Crippen molar-refractivity contribution in [1.82, 2.24) is 10.2 Å². The largest absolute Gasteiger partial charge is 0.493 e. The molecule has 0 amide bonds. The summed E-state index contributed by atoms with van der Waals surface area (Å²) >= 11 is 0. The predicted molar refractivity (Wildman–Crippen MR) is 119 cm³/mol. The molecule has 7 heteroatoms. The van der Waals surface area contributed by atoms with Crippen molar-refractivity contribution < 1.29 is 9.47 Å². The van der Waals surface area contributed by atoms with Crippen LogP contribution in [-0.2, 0) is 0 Å². The van der Waals surface area contributed by atoms with E-state index in [1.165, 1.54) is 25.9 Å². The lowest BCUT2D eigenvalue weighted by molar-refractivity contribution is 0.187. The number of ether oxygens (including phenoxy) is 2. The van der Waals surface area contributed by atoms with Crippen molar-refractivity contribution in [3.63, 3.8) is 0 Å². The van der Waals surface area contributed by atoms with Gasteiger partial charge in [0, 0.05) is 38.4 Å². The van der Waals surface area contributed by atoms with E-state index < -0.39 is 0 Å². The zero-order chi connectivity index (χ0) is 18.1. The Hall–Kier alpha value is -1.22. The molecule has 26 heavy (non-hydrogen) atoms. The van der Waals surface area contributed by atoms with Gasteiger partial charge in [-0.3, -0.25) is 4.99 Å². The van der Waals surface area contributed by atoms with Crippen LogP contribution in [0.1, 0.15) is 26.7 Å². The van der Waals surface area contributed by atoms with Crippen LogP contribution in [-0.4, -0.2) is 57.8 Å². The zero-order valence-corrected chi connectivity index (χ0v) is 18.7. The van der Waals surface area contributed by atoms with Gasteiger partial charge in [-0.2, -0.15) is 0 Å². The van der Waals surface area contributed by atoms with Crippen LogP contribution in [0.4, 0.5) is 5.69 Å². The van der Waals surface area contributed by atoms with E-state index in [2.05, 4.69) is 27.4 Å². The molecule has 1 aliphatic rings. The van der Waals surface area contributed by atoms with Crippen LogP contribution in [0.5, 0.6) is 11.5 Å². The number of guanidine groups is 1. The van der Waals surface area contributed by atoms with Gasteiger partial charge in [0.25, 0.3) is 0 Å². The van der Waals surface area contributed by atoms with E-state index in [4.69, 9.17) is 9.47 Å². The Balaban J connectivity index is 0.00000338. The van der Waals surface area contributed by atoms with Gasteiger partial charge in [-0.05, 0) is 44.4 Å². The van der Waals surface area contributed by atoms with Crippen LogP contribution in [0.3, 0.4) is 0 Å². The number of likely N-dealkylation sites (tertiary alicyclic amines) is 1. The molecule has 1 fully saturated rings. The number of nitrogens with one attached hydrogen (secondary N) is 2. The van der Waals surface area contributed by atoms with Crippen LogP contribution in [0.2, 0.25) is 0 Å². The van der Waals surface area contributed by atoms with E-state index in [0.29, 0.717) is 12.4 Å². The molecule has 1 aliphatic heterocycles. The van der Waals surface area contributed by atoms with Crippen molar-refractivity contribution in [1.29, 1.82) is 0 Å². The van der Waals surface area contributed by atoms with Crippen molar-refractivity contribution in [3.8, 4) is 11.5 Å². The molecule has 0 aliphatic carbocycles. The van der Waals surface area contributed by atoms with Crippen molar-refractivity contribution in [3.05, 3.63) is 18.2 Å². The minimum atomic E-state index is 0. The lowest BCUT2D eigenvalue weighted by Crippen LogP contribution is -2.41. The van der Waals surface area contributed by atoms with Crippen LogP contribution in [0, 0.1) is 5.92 Å². The van der Waals surface area contributed by atoms with E-state index in [9.17, 15) is 0 Å². The van der Waals surface area contributed by atoms with Crippen molar-refractivity contribution in [2.45, 2.75) is 26.7 Å². The van der Waals surface area contributed by atoms with E-state index in [1.54, 1.807) is 14.2 Å². The maximum atomic E-state index is 5.55. The molecule has 1 atom stereocenters. The van der Waals surface area contributed by atoms with Gasteiger partial charge in [-0.1, -0.05) is 6.92 Å². The smallest absolute Gasteiger partial charge is 0.195 e. The predicted octanol–water partition coefficient (Wildman–Crippen LogP) is 3.43. The topological polar surface area (TPSA) is 58.1 Å². The summed E-state index contributed by atoms with van der Waals surface area (Å²) in [5.74, 6) is 3.03. The summed E-state index contributed by atoms with van der Waals surface area (Å²) in [4.78, 5) is 6.82. The zero-order valence-electron chi connectivity index (χ0n) is 16.4. The number of aliphatic imine (C=N–C) groups is 1. The molecule has 1 saturated heterocycles. The molecular formula is C19H33IN4O2. The summed E-state index contributed by atoms with van der Waals surface area (Å²) in [6, 6.07) is 5.80. The van der Waals surface area contributed by atoms with Crippen LogP contribution in [0.25, 0.3) is 0 Å². The first kappa shape index (κ1) is 22.8. The Morgan fingerprint density at radius 2 is 2.15 bits per heavy atom. The molecule has 0 aromatic heterocycles. The second kappa shape index (κ2) is 12.2. The Labute approximate surface area is 174 Å². The highest BCUT2D eigenvalue weighted by atomic mass is 127. The Kier molecular flexibility index (Phi) is 10.7. The van der Waals surface area contributed by atoms with E-state index in [0.717, 1.165) is 36.4 Å². The van der Waals surface area contributed by atoms with E-state index in [-0.39, 0.29) is 24.0 Å². The van der Waals surface area contributed by atoms with Gasteiger partial charge >= 0.3 is 0 Å². The van der Waals surface area contributed by atoms with Gasteiger partial charge in [-0.15, -0.1) is 24.0 Å². The molecule has 0 radical (unpaired) electrons. The summed E-state index contributed by atoms with van der Waals surface area (Å²) in [5, 5.41) is 6.69. The Morgan fingerprint density at radius 3 is 2.81 bits per heavy atom. The first-order valence-corrected chi connectivity index (χ1v) is 9.17. The average Bonchev–Trinajstić information content (AvgIpc) is 2.62. The third-order valence-electron chi connectivity index (χ3n) is 4.41. The molecule has 148 valence electrons. The first-order valence-electron chi connectivity index (χ1n) is 9.17. The Morgan fingerprint density at radius 1 is 1.35 bits per heavy atom. The molecule has 0 bridgehead atoms. The monoisotopic (exact) mass is 476 g/mol. The van der Waals surface area contributed by atoms with Gasteiger partial charge in [-0.25, -0.2) is 0 Å². The van der Waals surface area contributed by atoms with Crippen LogP contribution >= 0.6 is 24.0 Å². The molecule has 0 saturated carbocycles. The first-order chi connectivity index (χ1) is 12.2. The van der Waals surface area contributed by atoms with Crippen molar-refractivity contribution in [2.75, 3.05) is 52.3 Å². The summed E-state index contributed by atoms with van der Waals surface area (Å²) in [6.45, 7) is 9.22. The number of benzene rings is 1. The van der Waals surface area contributed by atoms with Crippen molar-refractivity contribution in [2.24, 2.45) is 10.9 Å². The quantitative estimate of drug-likeness (QED) is 0.359. The van der Waals surface area contributed by atoms with E-state index >= 15 is 0 Å². The minimum absolute atomic E-state index is 0. The fourth-order valence-electron chi connectivity index (χ4n) is 3.16. The number of methoxy groups -OCH3 is 1. The van der Waals surface area contributed by atoms with Gasteiger partial charge in [0.05, 0.1) is 13.7 Å². The molecular weight excluding hydrogens is 443 g/mol. The standard InChI is InChI=1S/C19H32N4O2.HI/c1-5-25-17-9-8-16(13-18(17)24-4)22-19(20-3)21-10-12-23-11-6-7-15(2)14-23;/h8-9,13,15H,5-7,10-12,14H2,1-4H3,(H2,20,21,22);1H. The minimum Gasteiger partial charge on any atom is -0.493 e. The number of anilines is 1. The molecule has 1 aromatic rings. The van der Waals surface area contributed by atoms with Crippen LogP contribution < -0.4 is 20.1 Å². The lowest BCUT2D eigenvalue weighted by Gasteiger charge is -2.30. The second-order valence-corrected chi connectivity index (χ2v) is 6.47. The molecule has 6 nitrogen and oxygen atoms in total. The Bertz CT molecular complexity index is 568. The third-order valence-corrected chi connectivity index (χ3v) is 4.41. The molecule has 0 spiro atoms. The molecule has 2 rings (SSSR count). The number of piperidine rings is 1. The summed E-state index contributed by atoms with van der Waals surface area (Å²) in [6.07, 6.45) is 2.66. The molecule has 2 N–H and O–H groups in total. The second-order valence-electron chi connectivity index (χ2n) is 6.47. The molecule has 1 heterocycles. The number of hydrogen-bond donors (Lipinski definition) is 2. The van der Waals surface area contributed by atoms with Crippen molar-refractivity contribution >= 4 is 35.6 Å². The highest BCUT2D eigenvalue weighted by molar-refractivity contribution is 14.0. The maximum absolute atomic E-state index is 5.55. The fraction of sp³-hybridized carbons (Fsp3) is 0.632. The summed E-state index contributed by atoms with van der Waals surface area (Å²) in [5.41, 5.74) is 0.917. The number of hydrogen-bond acceptors (Lipinski definition) is 4. The van der Waals surface area contributed by atoms with Gasteiger partial charge in [0.15, 0.2) is 17.5 Å². The number of nitrogens with zero attached hydrogens (tertiary/aromatic N) is 2. The highest BCUT2D eigenvalue weighted by Gasteiger charge is 2.15. The summed E-state index contributed by atoms with van der Waals surface area (Å²) < 4.78 is 10.9. The third kappa shape index (κ3) is 7.19. The van der Waals surface area contributed by atoms with E-state index in [1.807, 2.05) is 25.1 Å². The van der Waals surface area contributed by atoms with Gasteiger partial charge in [0.1, 0.15) is 0 Å². The fourth-order valence-corrected chi connectivity index (χ4v) is 3.16. The lowest BCUT2D eigenvalue weighted by atomic mass is 10.0. The number of halogens is 1. The molecule has 1 unspecified atom stereocenters. The van der Waals surface area contributed by atoms with Gasteiger partial charge < -0.3 is 25.0 Å². The normalized spacial score (nSPS) is 18.0.